The number of guanidine groups is 1. The van der Waals surface area contributed by atoms with Gasteiger partial charge in [0.1, 0.15) is 5.82 Å². The van der Waals surface area contributed by atoms with Crippen molar-refractivity contribution in [2.24, 2.45) is 4.99 Å². The Balaban J connectivity index is 0.00000385. The Kier molecular flexibility index (Phi) is 10.2. The number of carbonyl (C=O) groups is 1. The minimum absolute atomic E-state index is 0. The summed E-state index contributed by atoms with van der Waals surface area (Å²) in [6, 6.07) is 12.5. The molecule has 2 aromatic rings. The molecule has 0 bridgehead atoms. The van der Waals surface area contributed by atoms with Crippen LogP contribution in [0.3, 0.4) is 0 Å². The van der Waals surface area contributed by atoms with Crippen LogP contribution in [0.4, 0.5) is 4.39 Å². The summed E-state index contributed by atoms with van der Waals surface area (Å²) in [5, 5.41) is 9.29. The van der Waals surface area contributed by atoms with Crippen molar-refractivity contribution in [3.05, 3.63) is 59.4 Å². The number of likely N-dealkylation sites (N-methyl/N-ethyl adjacent to an activating group) is 1. The summed E-state index contributed by atoms with van der Waals surface area (Å²) in [7, 11) is 3.26. The molecule has 7 nitrogen and oxygen atoms in total. The lowest BCUT2D eigenvalue weighted by Crippen LogP contribution is -2.41. The highest BCUT2D eigenvalue weighted by atomic mass is 127. The first-order valence-corrected chi connectivity index (χ1v) is 10.8. The average Bonchev–Trinajstić information content (AvgIpc) is 3.59. The number of aliphatic imine (C=N–C) groups is 1. The number of hydrogen-bond acceptors (Lipinski definition) is 4. The maximum atomic E-state index is 14.2. The number of methoxy groups -OCH3 is 1. The van der Waals surface area contributed by atoms with Crippen molar-refractivity contribution < 1.29 is 18.7 Å². The van der Waals surface area contributed by atoms with Gasteiger partial charge in [-0.15, -0.1) is 24.0 Å². The van der Waals surface area contributed by atoms with Crippen LogP contribution >= 0.6 is 24.0 Å². The lowest BCUT2D eigenvalue weighted by molar-refractivity contribution is -0.123. The number of nitrogens with zero attached hydrogens (tertiary/aromatic N) is 1. The predicted molar refractivity (Wildman–Crippen MR) is 138 cm³/mol. The van der Waals surface area contributed by atoms with Gasteiger partial charge in [0.15, 0.2) is 24.1 Å². The fourth-order valence-electron chi connectivity index (χ4n) is 3.58. The molecule has 0 saturated heterocycles. The third kappa shape index (κ3) is 7.21. The molecule has 3 rings (SSSR count). The molecule has 0 aliphatic heterocycles. The molecule has 1 saturated carbocycles. The molecule has 0 atom stereocenters. The van der Waals surface area contributed by atoms with Crippen LogP contribution in [0.5, 0.6) is 11.5 Å². The second-order valence-corrected chi connectivity index (χ2v) is 7.77. The number of benzene rings is 2. The van der Waals surface area contributed by atoms with Crippen LogP contribution in [-0.2, 0) is 16.8 Å². The number of nitrogens with one attached hydrogen (secondary N) is 3. The van der Waals surface area contributed by atoms with Gasteiger partial charge >= 0.3 is 0 Å². The van der Waals surface area contributed by atoms with Gasteiger partial charge in [-0.3, -0.25) is 9.79 Å². The Hall–Kier alpha value is -2.56. The third-order valence-corrected chi connectivity index (χ3v) is 5.54. The van der Waals surface area contributed by atoms with Crippen molar-refractivity contribution in [3.63, 3.8) is 0 Å². The van der Waals surface area contributed by atoms with Crippen molar-refractivity contribution in [2.75, 3.05) is 33.9 Å². The molecule has 2 aromatic carbocycles. The van der Waals surface area contributed by atoms with Gasteiger partial charge in [-0.2, -0.15) is 0 Å². The first kappa shape index (κ1) is 26.7. The Morgan fingerprint density at radius 3 is 2.52 bits per heavy atom. The quantitative estimate of drug-likeness (QED) is 0.232. The molecule has 0 aromatic heterocycles. The molecular weight excluding hydrogens is 538 g/mol. The van der Waals surface area contributed by atoms with E-state index < -0.39 is 0 Å². The van der Waals surface area contributed by atoms with E-state index in [2.05, 4.69) is 20.9 Å². The topological polar surface area (TPSA) is 84.0 Å². The Morgan fingerprint density at radius 1 is 1.12 bits per heavy atom. The summed E-state index contributed by atoms with van der Waals surface area (Å²) < 4.78 is 25.2. The van der Waals surface area contributed by atoms with Crippen LogP contribution in [-0.4, -0.2) is 45.7 Å². The molecule has 1 aliphatic carbocycles. The molecule has 33 heavy (non-hydrogen) atoms. The van der Waals surface area contributed by atoms with Gasteiger partial charge in [-0.05, 0) is 49.1 Å². The van der Waals surface area contributed by atoms with Gasteiger partial charge in [0.25, 0.3) is 5.91 Å². The highest BCUT2D eigenvalue weighted by molar-refractivity contribution is 14.0. The molecule has 0 heterocycles. The van der Waals surface area contributed by atoms with Crippen molar-refractivity contribution in [2.45, 2.75) is 31.7 Å². The number of carbonyl (C=O) groups excluding carboxylic acids is 1. The summed E-state index contributed by atoms with van der Waals surface area (Å²) >= 11 is 0. The van der Waals surface area contributed by atoms with Crippen molar-refractivity contribution >= 4 is 35.8 Å². The minimum atomic E-state index is -0.181. The average molecular weight is 570 g/mol. The second kappa shape index (κ2) is 12.6. The third-order valence-electron chi connectivity index (χ3n) is 5.54. The van der Waals surface area contributed by atoms with Gasteiger partial charge in [0.05, 0.1) is 7.11 Å². The smallest absolute Gasteiger partial charge is 0.257 e. The van der Waals surface area contributed by atoms with Gasteiger partial charge in [0, 0.05) is 32.1 Å². The van der Waals surface area contributed by atoms with Crippen molar-refractivity contribution in [3.8, 4) is 11.5 Å². The van der Waals surface area contributed by atoms with Crippen LogP contribution in [0.2, 0.25) is 0 Å². The number of halogens is 2. The van der Waals surface area contributed by atoms with E-state index in [-0.39, 0.29) is 47.7 Å². The summed E-state index contributed by atoms with van der Waals surface area (Å²) in [6.45, 7) is 3.47. The summed E-state index contributed by atoms with van der Waals surface area (Å²) in [5.41, 5.74) is 1.55. The number of hydrogen-bond donors (Lipinski definition) is 3. The maximum Gasteiger partial charge on any atom is 0.257 e. The van der Waals surface area contributed by atoms with Gasteiger partial charge in [-0.25, -0.2) is 4.39 Å². The molecule has 0 unspecified atom stereocenters. The molecule has 0 spiro atoms. The number of ether oxygens (including phenoxy) is 2. The van der Waals surface area contributed by atoms with Crippen LogP contribution in [0.25, 0.3) is 0 Å². The molecule has 180 valence electrons. The van der Waals surface area contributed by atoms with Crippen LogP contribution in [0.1, 0.15) is 30.9 Å². The van der Waals surface area contributed by atoms with Gasteiger partial charge < -0.3 is 25.4 Å². The highest BCUT2D eigenvalue weighted by Gasteiger charge is 2.45. The molecule has 9 heteroatoms. The lowest BCUT2D eigenvalue weighted by Gasteiger charge is -2.20. The summed E-state index contributed by atoms with van der Waals surface area (Å²) in [5.74, 6) is 1.36. The second-order valence-electron chi connectivity index (χ2n) is 7.77. The van der Waals surface area contributed by atoms with Gasteiger partial charge in [-0.1, -0.05) is 24.3 Å². The first-order chi connectivity index (χ1) is 15.5. The number of amides is 1. The monoisotopic (exact) mass is 570 g/mol. The van der Waals surface area contributed by atoms with E-state index in [1.807, 2.05) is 31.2 Å². The van der Waals surface area contributed by atoms with E-state index in [1.54, 1.807) is 26.3 Å². The fourth-order valence-corrected chi connectivity index (χ4v) is 3.58. The van der Waals surface area contributed by atoms with Crippen LogP contribution in [0.15, 0.2) is 47.5 Å². The zero-order valence-electron chi connectivity index (χ0n) is 19.2. The molecule has 1 aliphatic rings. The van der Waals surface area contributed by atoms with Crippen molar-refractivity contribution in [1.82, 2.24) is 16.0 Å². The minimum Gasteiger partial charge on any atom is -0.493 e. The number of rotatable bonds is 10. The molecule has 3 N–H and O–H groups in total. The predicted octanol–water partition coefficient (Wildman–Crippen LogP) is 3.36. The Labute approximate surface area is 211 Å². The summed E-state index contributed by atoms with van der Waals surface area (Å²) in [6.07, 6.45) is 1.90. The fraction of sp³-hybridized carbons (Fsp3) is 0.417. The van der Waals surface area contributed by atoms with E-state index in [0.717, 1.165) is 24.0 Å². The zero-order chi connectivity index (χ0) is 23.0. The Morgan fingerprint density at radius 2 is 1.88 bits per heavy atom. The largest absolute Gasteiger partial charge is 0.493 e. The van der Waals surface area contributed by atoms with Crippen LogP contribution in [0, 0.1) is 5.82 Å². The first-order valence-electron chi connectivity index (χ1n) is 10.8. The zero-order valence-corrected chi connectivity index (χ0v) is 21.6. The molecular formula is C24H32FIN4O3. The standard InChI is InChI=1S/C24H31FN4O3.HI/c1-4-27-22(30)15-32-20-10-9-17(13-21(20)31-3)14-28-23(26-2)29-16-24(11-12-24)18-7-5-6-8-19(18)25;/h5-10,13H,4,11-12,14-16H2,1-3H3,(H,27,30)(H2,26,28,29);1H. The maximum absolute atomic E-state index is 14.2. The van der Waals surface area contributed by atoms with E-state index in [9.17, 15) is 9.18 Å². The molecule has 1 amide bonds. The molecule has 0 radical (unpaired) electrons. The Bertz CT molecular complexity index is 966. The van der Waals surface area contributed by atoms with E-state index in [4.69, 9.17) is 9.47 Å². The van der Waals surface area contributed by atoms with Crippen LogP contribution < -0.4 is 25.4 Å². The van der Waals surface area contributed by atoms with E-state index in [1.165, 1.54) is 6.07 Å². The highest BCUT2D eigenvalue weighted by Crippen LogP contribution is 2.48. The SMILES string of the molecule is CCNC(=O)COc1ccc(CNC(=NC)NCC2(c3ccccc3F)CC2)cc1OC.I. The van der Waals surface area contributed by atoms with E-state index >= 15 is 0 Å². The summed E-state index contributed by atoms with van der Waals surface area (Å²) in [4.78, 5) is 15.9. The van der Waals surface area contributed by atoms with Gasteiger partial charge in [0.2, 0.25) is 0 Å². The van der Waals surface area contributed by atoms with Crippen molar-refractivity contribution in [1.29, 1.82) is 0 Å². The lowest BCUT2D eigenvalue weighted by atomic mass is 9.95. The van der Waals surface area contributed by atoms with E-state index in [0.29, 0.717) is 37.1 Å². The normalized spacial score (nSPS) is 14.0. The molecule has 1 fully saturated rings.